The van der Waals surface area contributed by atoms with Crippen LogP contribution in [0.25, 0.3) is 0 Å². The Balaban J connectivity index is 2.43. The Hall–Kier alpha value is 0. The van der Waals surface area contributed by atoms with Gasteiger partial charge in [-0.15, -0.1) is 0 Å². The molecule has 0 heterocycles. The Morgan fingerprint density at radius 1 is 1.36 bits per heavy atom. The molecule has 1 fully saturated rings. The van der Waals surface area contributed by atoms with Crippen molar-refractivity contribution in [3.8, 4) is 0 Å². The Kier molecular flexibility index (Phi) is 2.32. The molecule has 2 atom stereocenters. The normalized spacial score (nSPS) is 35.5. The van der Waals surface area contributed by atoms with Crippen molar-refractivity contribution < 1.29 is 0 Å². The van der Waals surface area contributed by atoms with Crippen LogP contribution in [-0.2, 0) is 0 Å². The molecule has 0 nitrogen and oxygen atoms in total. The molecule has 0 aliphatic heterocycles. The van der Waals surface area contributed by atoms with Crippen LogP contribution in [0, 0.1) is 23.2 Å². The van der Waals surface area contributed by atoms with Crippen molar-refractivity contribution >= 4 is 0 Å². The first-order chi connectivity index (χ1) is 4.93. The van der Waals surface area contributed by atoms with Gasteiger partial charge in [0.2, 0.25) is 0 Å². The molecular weight excluding hydrogens is 132 g/mol. The molecule has 0 aromatic carbocycles. The number of rotatable bonds is 2. The van der Waals surface area contributed by atoms with Gasteiger partial charge in [0.25, 0.3) is 0 Å². The quantitative estimate of drug-likeness (QED) is 0.568. The minimum atomic E-state index is 0.643. The third-order valence-electron chi connectivity index (χ3n) is 3.26. The molecule has 0 aromatic heterocycles. The van der Waals surface area contributed by atoms with E-state index in [2.05, 4.69) is 34.6 Å². The standard InChI is InChI=1S/C11H22/c1-8(2)6-10-9(3)7-11(10,4)5/h8-10H,6-7H2,1-5H3. The highest BCUT2D eigenvalue weighted by molar-refractivity contribution is 4.93. The highest BCUT2D eigenvalue weighted by Crippen LogP contribution is 2.52. The molecule has 66 valence electrons. The van der Waals surface area contributed by atoms with Crippen LogP contribution in [0.5, 0.6) is 0 Å². The van der Waals surface area contributed by atoms with Gasteiger partial charge in [0.1, 0.15) is 0 Å². The first-order valence-corrected chi connectivity index (χ1v) is 4.93. The van der Waals surface area contributed by atoms with Gasteiger partial charge in [0.15, 0.2) is 0 Å². The third-order valence-corrected chi connectivity index (χ3v) is 3.26. The maximum Gasteiger partial charge on any atom is -0.0321 e. The minimum absolute atomic E-state index is 0.643. The second-order valence-corrected chi connectivity index (χ2v) is 5.41. The lowest BCUT2D eigenvalue weighted by Crippen LogP contribution is -2.42. The van der Waals surface area contributed by atoms with E-state index in [0.29, 0.717) is 5.41 Å². The SMILES string of the molecule is CC(C)CC1C(C)CC1(C)C. The molecule has 0 aromatic rings. The lowest BCUT2D eigenvalue weighted by Gasteiger charge is -2.51. The zero-order valence-electron chi connectivity index (χ0n) is 8.65. The second-order valence-electron chi connectivity index (χ2n) is 5.41. The Bertz CT molecular complexity index is 133. The Morgan fingerprint density at radius 2 is 1.91 bits per heavy atom. The molecule has 0 amide bonds. The molecule has 0 spiro atoms. The monoisotopic (exact) mass is 154 g/mol. The van der Waals surface area contributed by atoms with E-state index < -0.39 is 0 Å². The molecule has 2 unspecified atom stereocenters. The Labute approximate surface area is 71.4 Å². The molecule has 1 saturated carbocycles. The Morgan fingerprint density at radius 3 is 2.09 bits per heavy atom. The van der Waals surface area contributed by atoms with Gasteiger partial charge in [-0.3, -0.25) is 0 Å². The van der Waals surface area contributed by atoms with E-state index in [4.69, 9.17) is 0 Å². The molecule has 1 aliphatic carbocycles. The highest BCUT2D eigenvalue weighted by Gasteiger charge is 2.44. The van der Waals surface area contributed by atoms with Crippen LogP contribution in [0.2, 0.25) is 0 Å². The van der Waals surface area contributed by atoms with E-state index in [-0.39, 0.29) is 0 Å². The smallest absolute Gasteiger partial charge is 0.0321 e. The van der Waals surface area contributed by atoms with Gasteiger partial charge in [0, 0.05) is 0 Å². The molecule has 0 saturated heterocycles. The average Bonchev–Trinajstić information content (AvgIpc) is 1.82. The number of hydrogen-bond donors (Lipinski definition) is 0. The van der Waals surface area contributed by atoms with Gasteiger partial charge in [-0.2, -0.15) is 0 Å². The molecule has 11 heavy (non-hydrogen) atoms. The van der Waals surface area contributed by atoms with E-state index in [9.17, 15) is 0 Å². The molecular formula is C11H22. The summed E-state index contributed by atoms with van der Waals surface area (Å²) < 4.78 is 0. The average molecular weight is 154 g/mol. The lowest BCUT2D eigenvalue weighted by atomic mass is 9.54. The molecule has 0 N–H and O–H groups in total. The second kappa shape index (κ2) is 2.80. The van der Waals surface area contributed by atoms with Crippen molar-refractivity contribution in [3.63, 3.8) is 0 Å². The summed E-state index contributed by atoms with van der Waals surface area (Å²) in [6, 6.07) is 0. The summed E-state index contributed by atoms with van der Waals surface area (Å²) >= 11 is 0. The summed E-state index contributed by atoms with van der Waals surface area (Å²) in [4.78, 5) is 0. The fraction of sp³-hybridized carbons (Fsp3) is 1.00. The van der Waals surface area contributed by atoms with Crippen LogP contribution < -0.4 is 0 Å². The summed E-state index contributed by atoms with van der Waals surface area (Å²) in [6.07, 6.45) is 2.86. The van der Waals surface area contributed by atoms with Crippen LogP contribution in [-0.4, -0.2) is 0 Å². The molecule has 0 radical (unpaired) electrons. The summed E-state index contributed by atoms with van der Waals surface area (Å²) in [7, 11) is 0. The van der Waals surface area contributed by atoms with Crippen molar-refractivity contribution in [1.82, 2.24) is 0 Å². The molecule has 1 aliphatic rings. The van der Waals surface area contributed by atoms with Crippen LogP contribution in [0.3, 0.4) is 0 Å². The van der Waals surface area contributed by atoms with Gasteiger partial charge in [-0.25, -0.2) is 0 Å². The van der Waals surface area contributed by atoms with Gasteiger partial charge >= 0.3 is 0 Å². The maximum atomic E-state index is 2.42. The largest absolute Gasteiger partial charge is 0.0628 e. The topological polar surface area (TPSA) is 0 Å². The number of hydrogen-bond acceptors (Lipinski definition) is 0. The van der Waals surface area contributed by atoms with Crippen LogP contribution in [0.15, 0.2) is 0 Å². The first kappa shape index (κ1) is 9.09. The molecule has 0 bridgehead atoms. The van der Waals surface area contributed by atoms with Gasteiger partial charge in [-0.1, -0.05) is 34.6 Å². The minimum Gasteiger partial charge on any atom is -0.0628 e. The predicted molar refractivity (Wildman–Crippen MR) is 50.5 cm³/mol. The molecule has 0 heteroatoms. The fourth-order valence-electron chi connectivity index (χ4n) is 2.79. The van der Waals surface area contributed by atoms with Crippen molar-refractivity contribution in [3.05, 3.63) is 0 Å². The van der Waals surface area contributed by atoms with E-state index in [1.807, 2.05) is 0 Å². The van der Waals surface area contributed by atoms with Crippen LogP contribution in [0.1, 0.15) is 47.5 Å². The zero-order valence-corrected chi connectivity index (χ0v) is 8.65. The van der Waals surface area contributed by atoms with E-state index >= 15 is 0 Å². The van der Waals surface area contributed by atoms with E-state index in [0.717, 1.165) is 17.8 Å². The zero-order chi connectivity index (χ0) is 8.65. The first-order valence-electron chi connectivity index (χ1n) is 4.93. The van der Waals surface area contributed by atoms with Crippen LogP contribution in [0.4, 0.5) is 0 Å². The van der Waals surface area contributed by atoms with Crippen molar-refractivity contribution in [1.29, 1.82) is 0 Å². The van der Waals surface area contributed by atoms with Gasteiger partial charge in [-0.05, 0) is 36.0 Å². The maximum absolute atomic E-state index is 2.42. The highest BCUT2D eigenvalue weighted by atomic mass is 14.5. The lowest BCUT2D eigenvalue weighted by molar-refractivity contribution is -0.0143. The summed E-state index contributed by atoms with van der Waals surface area (Å²) in [6.45, 7) is 11.9. The van der Waals surface area contributed by atoms with E-state index in [1.165, 1.54) is 12.8 Å². The van der Waals surface area contributed by atoms with Crippen molar-refractivity contribution in [2.24, 2.45) is 23.2 Å². The van der Waals surface area contributed by atoms with Crippen molar-refractivity contribution in [2.75, 3.05) is 0 Å². The molecule has 1 rings (SSSR count). The van der Waals surface area contributed by atoms with Gasteiger partial charge in [0.05, 0.1) is 0 Å². The third kappa shape index (κ3) is 1.77. The summed E-state index contributed by atoms with van der Waals surface area (Å²) in [5, 5.41) is 0. The predicted octanol–water partition coefficient (Wildman–Crippen LogP) is 3.71. The van der Waals surface area contributed by atoms with E-state index in [1.54, 1.807) is 0 Å². The van der Waals surface area contributed by atoms with Gasteiger partial charge < -0.3 is 0 Å². The fourth-order valence-corrected chi connectivity index (χ4v) is 2.79. The summed E-state index contributed by atoms with van der Waals surface area (Å²) in [5.74, 6) is 2.84. The summed E-state index contributed by atoms with van der Waals surface area (Å²) in [5.41, 5.74) is 0.643. The van der Waals surface area contributed by atoms with Crippen molar-refractivity contribution in [2.45, 2.75) is 47.5 Å². The van der Waals surface area contributed by atoms with Crippen LogP contribution >= 0.6 is 0 Å².